The van der Waals surface area contributed by atoms with Crippen LogP contribution in [0.15, 0.2) is 179 Å². The molecule has 5 heterocycles. The van der Waals surface area contributed by atoms with E-state index in [1.807, 2.05) is 6.07 Å². The molecule has 0 unspecified atom stereocenters. The van der Waals surface area contributed by atoms with Crippen LogP contribution in [-0.4, -0.2) is 18.5 Å². The van der Waals surface area contributed by atoms with E-state index < -0.39 is 0 Å². The quantitative estimate of drug-likeness (QED) is 0.184. The summed E-state index contributed by atoms with van der Waals surface area (Å²) in [5, 5.41) is 6.77. The molecule has 0 fully saturated rings. The van der Waals surface area contributed by atoms with Crippen LogP contribution >= 0.6 is 0 Å². The van der Waals surface area contributed by atoms with Gasteiger partial charge in [-0.3, -0.25) is 8.97 Å². The third-order valence-electron chi connectivity index (χ3n) is 11.4. The van der Waals surface area contributed by atoms with Crippen molar-refractivity contribution in [3.63, 3.8) is 0 Å². The fourth-order valence-corrected chi connectivity index (χ4v) is 9.05. The highest BCUT2D eigenvalue weighted by atomic mass is 16.3. The first-order valence-electron chi connectivity index (χ1n) is 18.5. The maximum atomic E-state index is 6.53. The van der Waals surface area contributed by atoms with Gasteiger partial charge in [-0.2, -0.15) is 0 Å². The third-order valence-corrected chi connectivity index (χ3v) is 11.4. The second-order valence-electron chi connectivity index (χ2n) is 14.4. The molecule has 0 N–H and O–H groups in total. The molecule has 0 amide bonds. The van der Waals surface area contributed by atoms with E-state index in [0.29, 0.717) is 0 Å². The molecule has 0 radical (unpaired) electrons. The Bertz CT molecular complexity index is 3690. The van der Waals surface area contributed by atoms with Crippen LogP contribution in [0, 0.1) is 0 Å². The van der Waals surface area contributed by atoms with Crippen LogP contribution < -0.4 is 0 Å². The number of furan rings is 2. The molecule has 6 heteroatoms. The molecule has 0 aliphatic carbocycles. The van der Waals surface area contributed by atoms with Gasteiger partial charge in [0.15, 0.2) is 0 Å². The number of hydrogen-bond donors (Lipinski definition) is 0. The van der Waals surface area contributed by atoms with Crippen LogP contribution in [0.2, 0.25) is 0 Å². The van der Waals surface area contributed by atoms with E-state index in [2.05, 4.69) is 177 Å². The summed E-state index contributed by atoms with van der Waals surface area (Å²) in [7, 11) is 0. The molecule has 0 saturated carbocycles. The second kappa shape index (κ2) is 10.5. The first-order chi connectivity index (χ1) is 27.3. The van der Waals surface area contributed by atoms with E-state index in [4.69, 9.17) is 13.8 Å². The van der Waals surface area contributed by atoms with E-state index in [0.717, 1.165) is 94.2 Å². The smallest absolute Gasteiger partial charge is 0.220 e. The SMILES string of the molecule is c1ccc2c(c1)nc1n(-c3cccc4oc5ccc(-c6ccc7oc8ccc(-n9c%10ccccc%10c%10ccccc%109)cc8c7c6)cc5c34)c3ccccc3n21. The molecule has 55 heavy (non-hydrogen) atoms. The van der Waals surface area contributed by atoms with Gasteiger partial charge in [-0.1, -0.05) is 78.9 Å². The molecule has 0 aliphatic rings. The van der Waals surface area contributed by atoms with Crippen molar-refractivity contribution in [3.8, 4) is 22.5 Å². The number of benzene rings is 8. The van der Waals surface area contributed by atoms with Gasteiger partial charge in [-0.05, 0) is 102 Å². The highest BCUT2D eigenvalue weighted by Gasteiger charge is 2.21. The van der Waals surface area contributed by atoms with Gasteiger partial charge in [-0.15, -0.1) is 0 Å². The first kappa shape index (κ1) is 28.9. The fourth-order valence-electron chi connectivity index (χ4n) is 9.05. The number of para-hydroxylation sites is 6. The minimum absolute atomic E-state index is 0.838. The number of aromatic nitrogens is 4. The van der Waals surface area contributed by atoms with E-state index in [1.54, 1.807) is 0 Å². The molecule has 256 valence electrons. The van der Waals surface area contributed by atoms with Gasteiger partial charge in [0, 0.05) is 32.6 Å². The van der Waals surface area contributed by atoms with Gasteiger partial charge in [0.05, 0.1) is 44.2 Å². The minimum atomic E-state index is 0.838. The molecule has 5 aromatic heterocycles. The Labute approximate surface area is 312 Å². The topological polar surface area (TPSA) is 53.4 Å². The summed E-state index contributed by atoms with van der Waals surface area (Å²) < 4.78 is 19.8. The number of imidazole rings is 2. The lowest BCUT2D eigenvalue weighted by molar-refractivity contribution is 0.668. The third kappa shape index (κ3) is 3.89. The summed E-state index contributed by atoms with van der Waals surface area (Å²) >= 11 is 0. The van der Waals surface area contributed by atoms with Crippen molar-refractivity contribution >= 4 is 93.5 Å². The van der Waals surface area contributed by atoms with Crippen molar-refractivity contribution in [2.75, 3.05) is 0 Å². The summed E-state index contributed by atoms with van der Waals surface area (Å²) in [6.07, 6.45) is 0. The summed E-state index contributed by atoms with van der Waals surface area (Å²) in [4.78, 5) is 5.15. The Morgan fingerprint density at radius 3 is 1.73 bits per heavy atom. The molecule has 0 saturated heterocycles. The average molecular weight is 705 g/mol. The standard InChI is InChI=1S/C49H28N4O2/c1-4-13-38-32(10-1)33-11-2-5-14-39(33)51(38)31-22-25-45-35(28-31)34-26-29(20-23-44(34)54-45)30-21-24-46-36(27-30)48-43(18-9-19-47(48)55-46)53-42-17-8-7-16-41(42)52-40-15-6-3-12-37(40)50-49(52)53/h1-28H. The highest BCUT2D eigenvalue weighted by molar-refractivity contribution is 6.13. The number of hydrogen-bond acceptors (Lipinski definition) is 3. The number of rotatable bonds is 3. The molecule has 0 atom stereocenters. The Morgan fingerprint density at radius 1 is 0.382 bits per heavy atom. The largest absolute Gasteiger partial charge is 0.456 e. The lowest BCUT2D eigenvalue weighted by Gasteiger charge is -2.08. The molecular formula is C49H28N4O2. The summed E-state index contributed by atoms with van der Waals surface area (Å²) in [6.45, 7) is 0. The van der Waals surface area contributed by atoms with Crippen LogP contribution in [-0.2, 0) is 0 Å². The zero-order valence-corrected chi connectivity index (χ0v) is 29.3. The average Bonchev–Trinajstić information content (AvgIpc) is 4.04. The summed E-state index contributed by atoms with van der Waals surface area (Å²) in [5.74, 6) is 0.873. The van der Waals surface area contributed by atoms with Crippen molar-refractivity contribution < 1.29 is 8.83 Å². The predicted molar refractivity (Wildman–Crippen MR) is 224 cm³/mol. The van der Waals surface area contributed by atoms with Crippen molar-refractivity contribution in [1.82, 2.24) is 18.5 Å². The predicted octanol–water partition coefficient (Wildman–Crippen LogP) is 13.0. The molecule has 0 bridgehead atoms. The van der Waals surface area contributed by atoms with Gasteiger partial charge in [0.2, 0.25) is 5.78 Å². The molecule has 13 rings (SSSR count). The van der Waals surface area contributed by atoms with Crippen molar-refractivity contribution in [1.29, 1.82) is 0 Å². The van der Waals surface area contributed by atoms with E-state index in [1.165, 1.54) is 21.8 Å². The van der Waals surface area contributed by atoms with Crippen LogP contribution in [0.5, 0.6) is 0 Å². The zero-order chi connectivity index (χ0) is 35.8. The van der Waals surface area contributed by atoms with Gasteiger partial charge >= 0.3 is 0 Å². The van der Waals surface area contributed by atoms with Gasteiger partial charge < -0.3 is 13.4 Å². The Morgan fingerprint density at radius 2 is 0.964 bits per heavy atom. The first-order valence-corrected chi connectivity index (χ1v) is 18.5. The molecule has 13 aromatic rings. The maximum absolute atomic E-state index is 6.53. The zero-order valence-electron chi connectivity index (χ0n) is 29.3. The molecule has 8 aromatic carbocycles. The molecule has 0 aliphatic heterocycles. The van der Waals surface area contributed by atoms with Crippen LogP contribution in [0.4, 0.5) is 0 Å². The van der Waals surface area contributed by atoms with Crippen LogP contribution in [0.1, 0.15) is 0 Å². The molecular weight excluding hydrogens is 677 g/mol. The van der Waals surface area contributed by atoms with Crippen molar-refractivity contribution in [2.24, 2.45) is 0 Å². The normalized spacial score (nSPS) is 12.4. The van der Waals surface area contributed by atoms with Gasteiger partial charge in [-0.25, -0.2) is 4.98 Å². The fraction of sp³-hybridized carbons (Fsp3) is 0. The molecule has 0 spiro atoms. The van der Waals surface area contributed by atoms with E-state index in [-0.39, 0.29) is 0 Å². The minimum Gasteiger partial charge on any atom is -0.456 e. The number of fused-ring (bicyclic) bond motifs is 14. The molecule has 6 nitrogen and oxygen atoms in total. The maximum Gasteiger partial charge on any atom is 0.220 e. The Balaban J connectivity index is 1.01. The number of nitrogens with zero attached hydrogens (tertiary/aromatic N) is 4. The summed E-state index contributed by atoms with van der Waals surface area (Å²) in [6, 6.07) is 60.0. The van der Waals surface area contributed by atoms with E-state index >= 15 is 0 Å². The summed E-state index contributed by atoms with van der Waals surface area (Å²) in [5.41, 5.74) is 14.4. The lowest BCUT2D eigenvalue weighted by atomic mass is 10.00. The van der Waals surface area contributed by atoms with Crippen LogP contribution in [0.25, 0.3) is 116 Å². The van der Waals surface area contributed by atoms with Crippen molar-refractivity contribution in [2.45, 2.75) is 0 Å². The monoisotopic (exact) mass is 704 g/mol. The lowest BCUT2D eigenvalue weighted by Crippen LogP contribution is -1.95. The van der Waals surface area contributed by atoms with E-state index in [9.17, 15) is 0 Å². The Kier molecular flexibility index (Phi) is 5.54. The van der Waals surface area contributed by atoms with Crippen molar-refractivity contribution in [3.05, 3.63) is 170 Å². The highest BCUT2D eigenvalue weighted by Crippen LogP contribution is 2.41. The van der Waals surface area contributed by atoms with Gasteiger partial charge in [0.25, 0.3) is 0 Å². The van der Waals surface area contributed by atoms with Gasteiger partial charge in [0.1, 0.15) is 22.3 Å². The second-order valence-corrected chi connectivity index (χ2v) is 14.4. The Hall–Kier alpha value is -7.57. The van der Waals surface area contributed by atoms with Crippen LogP contribution in [0.3, 0.4) is 0 Å².